The highest BCUT2D eigenvalue weighted by atomic mass is 35.5. The van der Waals surface area contributed by atoms with E-state index in [1.165, 1.54) is 6.20 Å². The Labute approximate surface area is 172 Å². The molecule has 0 atom stereocenters. The summed E-state index contributed by atoms with van der Waals surface area (Å²) in [6.07, 6.45) is 1.50. The number of carbonyl (C=O) groups is 1. The molecule has 0 bridgehead atoms. The average molecular weight is 413 g/mol. The van der Waals surface area contributed by atoms with Gasteiger partial charge in [-0.1, -0.05) is 29.8 Å². The summed E-state index contributed by atoms with van der Waals surface area (Å²) in [6, 6.07) is 12.7. The summed E-state index contributed by atoms with van der Waals surface area (Å²) >= 11 is 6.42. The molecule has 2 aromatic carbocycles. The second kappa shape index (κ2) is 8.63. The Morgan fingerprint density at radius 3 is 2.76 bits per heavy atom. The van der Waals surface area contributed by atoms with Crippen molar-refractivity contribution in [2.24, 2.45) is 0 Å². The number of hydrogen-bond acceptors (Lipinski definition) is 5. The first-order valence-corrected chi connectivity index (χ1v) is 9.87. The molecular formula is C21H21ClN4O3. The zero-order valence-corrected chi connectivity index (χ0v) is 16.6. The van der Waals surface area contributed by atoms with Crippen LogP contribution in [0.15, 0.2) is 53.5 Å². The zero-order chi connectivity index (χ0) is 20.2. The van der Waals surface area contributed by atoms with Crippen molar-refractivity contribution in [3.05, 3.63) is 63.9 Å². The van der Waals surface area contributed by atoms with Crippen LogP contribution in [-0.2, 0) is 16.1 Å². The summed E-state index contributed by atoms with van der Waals surface area (Å²) in [6.45, 7) is 3.06. The van der Waals surface area contributed by atoms with Gasteiger partial charge in [0.05, 0.1) is 47.9 Å². The van der Waals surface area contributed by atoms with E-state index in [1.807, 2.05) is 36.4 Å². The average Bonchev–Trinajstić information content (AvgIpc) is 2.74. The number of ether oxygens (including phenoxy) is 1. The molecule has 0 radical (unpaired) electrons. The lowest BCUT2D eigenvalue weighted by atomic mass is 10.2. The Morgan fingerprint density at radius 2 is 1.93 bits per heavy atom. The summed E-state index contributed by atoms with van der Waals surface area (Å²) < 4.78 is 7.09. The Balaban J connectivity index is 1.49. The minimum absolute atomic E-state index is 0.129. The fourth-order valence-electron chi connectivity index (χ4n) is 3.48. The smallest absolute Gasteiger partial charge is 0.226 e. The van der Waals surface area contributed by atoms with Gasteiger partial charge in [-0.05, 0) is 24.3 Å². The van der Waals surface area contributed by atoms with Crippen LogP contribution in [-0.4, -0.2) is 42.0 Å². The number of benzene rings is 2. The van der Waals surface area contributed by atoms with Gasteiger partial charge < -0.3 is 15.0 Å². The quantitative estimate of drug-likeness (QED) is 0.697. The first-order chi connectivity index (χ1) is 14.1. The molecule has 29 heavy (non-hydrogen) atoms. The maximum absolute atomic E-state index is 12.6. The summed E-state index contributed by atoms with van der Waals surface area (Å²) in [4.78, 5) is 26.7. The zero-order valence-electron chi connectivity index (χ0n) is 15.8. The Bertz CT molecular complexity index is 1090. The van der Waals surface area contributed by atoms with Gasteiger partial charge in [0.2, 0.25) is 11.3 Å². The fraction of sp³-hybridized carbons (Fsp3) is 0.286. The van der Waals surface area contributed by atoms with Crippen LogP contribution in [0.1, 0.15) is 6.42 Å². The van der Waals surface area contributed by atoms with E-state index in [0.29, 0.717) is 41.4 Å². The Morgan fingerprint density at radius 1 is 1.14 bits per heavy atom. The van der Waals surface area contributed by atoms with Crippen molar-refractivity contribution in [3.63, 3.8) is 0 Å². The molecule has 1 N–H and O–H groups in total. The maximum Gasteiger partial charge on any atom is 0.226 e. The lowest BCUT2D eigenvalue weighted by molar-refractivity contribution is -0.116. The van der Waals surface area contributed by atoms with E-state index in [4.69, 9.17) is 16.3 Å². The number of anilines is 2. The third-order valence-electron chi connectivity index (χ3n) is 4.90. The molecule has 0 saturated carbocycles. The lowest BCUT2D eigenvalue weighted by Gasteiger charge is -2.31. The van der Waals surface area contributed by atoms with Gasteiger partial charge in [-0.25, -0.2) is 0 Å². The van der Waals surface area contributed by atoms with Gasteiger partial charge in [0, 0.05) is 24.9 Å². The molecule has 8 heteroatoms. The van der Waals surface area contributed by atoms with E-state index in [9.17, 15) is 9.59 Å². The second-order valence-corrected chi connectivity index (χ2v) is 7.19. The van der Waals surface area contributed by atoms with Gasteiger partial charge in [-0.15, -0.1) is 0 Å². The van der Waals surface area contributed by atoms with Gasteiger partial charge in [-0.3, -0.25) is 14.3 Å². The number of rotatable bonds is 5. The number of aromatic nitrogens is 2. The van der Waals surface area contributed by atoms with Gasteiger partial charge in [0.1, 0.15) is 0 Å². The maximum atomic E-state index is 12.6. The Hall–Kier alpha value is -2.90. The number of morpholine rings is 1. The first-order valence-electron chi connectivity index (χ1n) is 9.49. The van der Waals surface area contributed by atoms with Crippen molar-refractivity contribution in [1.29, 1.82) is 0 Å². The molecule has 1 aromatic heterocycles. The van der Waals surface area contributed by atoms with Crippen LogP contribution in [0.4, 0.5) is 11.4 Å². The SMILES string of the molecule is O=C(CCn1ncc(=O)c2ccccc21)Nc1cccc(Cl)c1N1CCOCC1. The number of halogens is 1. The second-order valence-electron chi connectivity index (χ2n) is 6.78. The summed E-state index contributed by atoms with van der Waals surface area (Å²) in [7, 11) is 0. The fourth-order valence-corrected chi connectivity index (χ4v) is 3.78. The standard InChI is InChI=1S/C21H21ClN4O3/c22-16-5-3-6-17(21(16)25-10-12-29-13-11-25)24-20(28)8-9-26-18-7-2-1-4-15(18)19(27)14-23-26/h1-7,14H,8-13H2,(H,24,28). The third kappa shape index (κ3) is 4.26. The van der Waals surface area contributed by atoms with E-state index in [-0.39, 0.29) is 17.8 Å². The molecule has 0 unspecified atom stereocenters. The van der Waals surface area contributed by atoms with E-state index in [2.05, 4.69) is 15.3 Å². The van der Waals surface area contributed by atoms with Crippen molar-refractivity contribution >= 4 is 39.8 Å². The topological polar surface area (TPSA) is 76.5 Å². The predicted molar refractivity (Wildman–Crippen MR) is 114 cm³/mol. The molecule has 0 spiro atoms. The number of fused-ring (bicyclic) bond motifs is 1. The van der Waals surface area contributed by atoms with Crippen molar-refractivity contribution in [1.82, 2.24) is 9.78 Å². The molecule has 1 saturated heterocycles. The van der Waals surface area contributed by atoms with Crippen LogP contribution in [0.5, 0.6) is 0 Å². The van der Waals surface area contributed by atoms with Crippen molar-refractivity contribution in [2.75, 3.05) is 36.5 Å². The number of amides is 1. The number of carbonyl (C=O) groups excluding carboxylic acids is 1. The molecule has 7 nitrogen and oxygen atoms in total. The summed E-state index contributed by atoms with van der Waals surface area (Å²) in [5.41, 5.74) is 2.08. The first kappa shape index (κ1) is 19.4. The monoisotopic (exact) mass is 412 g/mol. The number of nitrogens with one attached hydrogen (secondary N) is 1. The molecule has 1 aliphatic rings. The molecule has 1 amide bonds. The van der Waals surface area contributed by atoms with Gasteiger partial charge >= 0.3 is 0 Å². The molecule has 1 fully saturated rings. The van der Waals surface area contributed by atoms with E-state index >= 15 is 0 Å². The van der Waals surface area contributed by atoms with Crippen LogP contribution in [0.2, 0.25) is 5.02 Å². The van der Waals surface area contributed by atoms with Crippen LogP contribution in [0.25, 0.3) is 10.9 Å². The normalized spacial score (nSPS) is 14.2. The molecular weight excluding hydrogens is 392 g/mol. The molecule has 3 aromatic rings. The van der Waals surface area contributed by atoms with Gasteiger partial charge in [0.15, 0.2) is 0 Å². The number of aryl methyl sites for hydroxylation is 1. The number of nitrogens with zero attached hydrogens (tertiary/aromatic N) is 3. The van der Waals surface area contributed by atoms with E-state index in [1.54, 1.807) is 10.7 Å². The van der Waals surface area contributed by atoms with Crippen LogP contribution < -0.4 is 15.6 Å². The number of hydrogen-bond donors (Lipinski definition) is 1. The molecule has 0 aliphatic carbocycles. The highest BCUT2D eigenvalue weighted by molar-refractivity contribution is 6.34. The molecule has 4 rings (SSSR count). The minimum Gasteiger partial charge on any atom is -0.378 e. The van der Waals surface area contributed by atoms with Crippen LogP contribution >= 0.6 is 11.6 Å². The largest absolute Gasteiger partial charge is 0.378 e. The Kier molecular flexibility index (Phi) is 5.78. The van der Waals surface area contributed by atoms with Crippen molar-refractivity contribution in [3.8, 4) is 0 Å². The van der Waals surface area contributed by atoms with E-state index in [0.717, 1.165) is 18.8 Å². The lowest BCUT2D eigenvalue weighted by Crippen LogP contribution is -2.37. The predicted octanol–water partition coefficient (Wildman–Crippen LogP) is 2.92. The van der Waals surface area contributed by atoms with E-state index < -0.39 is 0 Å². The van der Waals surface area contributed by atoms with Crippen molar-refractivity contribution in [2.45, 2.75) is 13.0 Å². The highest BCUT2D eigenvalue weighted by Crippen LogP contribution is 2.34. The van der Waals surface area contributed by atoms with Crippen LogP contribution in [0, 0.1) is 0 Å². The third-order valence-corrected chi connectivity index (χ3v) is 5.21. The van der Waals surface area contributed by atoms with Crippen molar-refractivity contribution < 1.29 is 9.53 Å². The summed E-state index contributed by atoms with van der Waals surface area (Å²) in [5, 5.41) is 8.33. The summed E-state index contributed by atoms with van der Waals surface area (Å²) in [5.74, 6) is -0.147. The van der Waals surface area contributed by atoms with Gasteiger partial charge in [-0.2, -0.15) is 5.10 Å². The minimum atomic E-state index is -0.147. The molecule has 2 heterocycles. The highest BCUT2D eigenvalue weighted by Gasteiger charge is 2.19. The molecule has 1 aliphatic heterocycles. The molecule has 150 valence electrons. The van der Waals surface area contributed by atoms with Crippen LogP contribution in [0.3, 0.4) is 0 Å². The van der Waals surface area contributed by atoms with Gasteiger partial charge in [0.25, 0.3) is 0 Å². The number of para-hydroxylation sites is 2.